The molecule has 1 amide bonds. The highest BCUT2D eigenvalue weighted by atomic mass is 35.5. The molecule has 0 saturated carbocycles. The van der Waals surface area contributed by atoms with E-state index in [-0.39, 0.29) is 48.7 Å². The minimum absolute atomic E-state index is 0. The Morgan fingerprint density at radius 3 is 2.38 bits per heavy atom. The molecule has 1 fully saturated rings. The number of nitrogens with two attached hydrogens (primary N) is 1. The van der Waals surface area contributed by atoms with Crippen LogP contribution in [0.2, 0.25) is 0 Å². The lowest BCUT2D eigenvalue weighted by Gasteiger charge is -2.14. The van der Waals surface area contributed by atoms with E-state index in [9.17, 15) is 9.59 Å². The first kappa shape index (κ1) is 26.2. The molecule has 2 atom stereocenters. The third kappa shape index (κ3) is 6.27. The topological polar surface area (TPSA) is 127 Å². The Morgan fingerprint density at radius 2 is 1.76 bits per heavy atom. The summed E-state index contributed by atoms with van der Waals surface area (Å²) in [6.07, 6.45) is 3.50. The molecule has 2 aliphatic rings. The van der Waals surface area contributed by atoms with Crippen LogP contribution in [0.25, 0.3) is 11.3 Å². The Kier molecular flexibility index (Phi) is 8.08. The second kappa shape index (κ2) is 11.4. The van der Waals surface area contributed by atoms with E-state index < -0.39 is 5.92 Å². The van der Waals surface area contributed by atoms with E-state index in [1.54, 1.807) is 12.3 Å². The van der Waals surface area contributed by atoms with Gasteiger partial charge < -0.3 is 20.5 Å². The maximum absolute atomic E-state index is 12.5. The SMILES string of the molecule is Cl.N=C(N)c1ccc(-c2ccc(OC[C@@H]3C[C@@H](CC(=O)OC4Cc5ccccc5C4)C(=O)N3)cc2)nc1. The number of esters is 1. The lowest BCUT2D eigenvalue weighted by Crippen LogP contribution is -2.31. The Labute approximate surface area is 221 Å². The van der Waals surface area contributed by atoms with E-state index in [1.165, 1.54) is 11.1 Å². The van der Waals surface area contributed by atoms with Gasteiger partial charge in [0.1, 0.15) is 24.3 Å². The normalized spacial score (nSPS) is 18.4. The molecule has 5 rings (SSSR count). The highest BCUT2D eigenvalue weighted by Gasteiger charge is 2.35. The summed E-state index contributed by atoms with van der Waals surface area (Å²) in [6, 6.07) is 19.0. The molecule has 0 spiro atoms. The van der Waals surface area contributed by atoms with Gasteiger partial charge in [0.15, 0.2) is 0 Å². The summed E-state index contributed by atoms with van der Waals surface area (Å²) >= 11 is 0. The van der Waals surface area contributed by atoms with Crippen LogP contribution in [0.15, 0.2) is 66.9 Å². The molecule has 2 aromatic carbocycles. The number of hydrogen-bond donors (Lipinski definition) is 3. The predicted molar refractivity (Wildman–Crippen MR) is 142 cm³/mol. The average Bonchev–Trinajstić information content (AvgIpc) is 3.45. The summed E-state index contributed by atoms with van der Waals surface area (Å²) in [7, 11) is 0. The van der Waals surface area contributed by atoms with Crippen molar-refractivity contribution < 1.29 is 19.1 Å². The minimum atomic E-state index is -0.402. The standard InChI is InChI=1S/C28H28N4O4.ClH/c29-27(30)20-7-10-25(31-15-20)17-5-8-23(9-6-17)35-16-22-11-21(28(34)32-22)14-26(33)36-24-12-18-3-1-2-4-19(18)13-24;/h1-10,15,21-22,24H,11-14,16H2,(H3,29,30)(H,32,34);1H/t21-,22-;/m0./s1. The van der Waals surface area contributed by atoms with Crippen LogP contribution in [0.1, 0.15) is 29.5 Å². The van der Waals surface area contributed by atoms with Crippen LogP contribution >= 0.6 is 12.4 Å². The molecule has 8 nitrogen and oxygen atoms in total. The number of carbonyl (C=O) groups excluding carboxylic acids is 2. The fraction of sp³-hybridized carbons (Fsp3) is 0.286. The van der Waals surface area contributed by atoms with Gasteiger partial charge in [-0.25, -0.2) is 0 Å². The minimum Gasteiger partial charge on any atom is -0.491 e. The molecule has 1 saturated heterocycles. The molecule has 192 valence electrons. The second-order valence-electron chi connectivity index (χ2n) is 9.31. The molecule has 0 bridgehead atoms. The fourth-order valence-corrected chi connectivity index (χ4v) is 4.79. The third-order valence-corrected chi connectivity index (χ3v) is 6.69. The van der Waals surface area contributed by atoms with E-state index in [0.717, 1.165) is 24.1 Å². The highest BCUT2D eigenvalue weighted by molar-refractivity contribution is 5.94. The van der Waals surface area contributed by atoms with Gasteiger partial charge in [0.05, 0.1) is 24.1 Å². The van der Waals surface area contributed by atoms with Crippen LogP contribution in [-0.4, -0.2) is 41.4 Å². The number of hydrogen-bond acceptors (Lipinski definition) is 6. The van der Waals surface area contributed by atoms with E-state index in [0.29, 0.717) is 24.3 Å². The number of ether oxygens (including phenoxy) is 2. The van der Waals surface area contributed by atoms with Crippen LogP contribution in [0.3, 0.4) is 0 Å². The van der Waals surface area contributed by atoms with Gasteiger partial charge in [-0.2, -0.15) is 0 Å². The molecule has 3 aromatic rings. The van der Waals surface area contributed by atoms with Gasteiger partial charge in [0.2, 0.25) is 5.91 Å². The van der Waals surface area contributed by atoms with Crippen molar-refractivity contribution in [3.05, 3.63) is 83.6 Å². The van der Waals surface area contributed by atoms with Gasteiger partial charge in [-0.1, -0.05) is 24.3 Å². The van der Waals surface area contributed by atoms with Crippen molar-refractivity contribution in [1.29, 1.82) is 5.41 Å². The number of amidine groups is 1. The zero-order valence-electron chi connectivity index (χ0n) is 20.2. The molecule has 4 N–H and O–H groups in total. The van der Waals surface area contributed by atoms with E-state index in [2.05, 4.69) is 22.4 Å². The molecule has 1 aliphatic carbocycles. The maximum Gasteiger partial charge on any atom is 0.306 e. The monoisotopic (exact) mass is 520 g/mol. The summed E-state index contributed by atoms with van der Waals surface area (Å²) in [5.41, 5.74) is 10.2. The fourth-order valence-electron chi connectivity index (χ4n) is 4.79. The number of aromatic nitrogens is 1. The first-order chi connectivity index (χ1) is 17.4. The first-order valence-corrected chi connectivity index (χ1v) is 12.0. The van der Waals surface area contributed by atoms with Gasteiger partial charge >= 0.3 is 5.97 Å². The number of nitrogen functional groups attached to an aromatic ring is 1. The van der Waals surface area contributed by atoms with E-state index in [4.69, 9.17) is 20.6 Å². The van der Waals surface area contributed by atoms with Crippen molar-refractivity contribution in [3.8, 4) is 17.0 Å². The van der Waals surface area contributed by atoms with Gasteiger partial charge in [-0.05, 0) is 53.9 Å². The molecule has 2 heterocycles. The van der Waals surface area contributed by atoms with Gasteiger partial charge in [-0.3, -0.25) is 20.0 Å². The molecule has 0 radical (unpaired) electrons. The number of nitrogens with zero attached hydrogens (tertiary/aromatic N) is 1. The lowest BCUT2D eigenvalue weighted by atomic mass is 10.0. The zero-order valence-corrected chi connectivity index (χ0v) is 21.0. The van der Waals surface area contributed by atoms with Crippen molar-refractivity contribution in [3.63, 3.8) is 0 Å². The Morgan fingerprint density at radius 1 is 1.05 bits per heavy atom. The van der Waals surface area contributed by atoms with Gasteiger partial charge in [0.25, 0.3) is 0 Å². The van der Waals surface area contributed by atoms with E-state index in [1.807, 2.05) is 42.5 Å². The Balaban J connectivity index is 0.00000320. The molecule has 37 heavy (non-hydrogen) atoms. The van der Waals surface area contributed by atoms with Crippen molar-refractivity contribution in [1.82, 2.24) is 10.3 Å². The lowest BCUT2D eigenvalue weighted by molar-refractivity contribution is -0.151. The summed E-state index contributed by atoms with van der Waals surface area (Å²) in [4.78, 5) is 29.2. The van der Waals surface area contributed by atoms with E-state index >= 15 is 0 Å². The number of carbonyl (C=O) groups is 2. The summed E-state index contributed by atoms with van der Waals surface area (Å²) in [5.74, 6) is -0.199. The molecular weight excluding hydrogens is 492 g/mol. The molecule has 9 heteroatoms. The van der Waals surface area contributed by atoms with Crippen molar-refractivity contribution in [2.45, 2.75) is 37.8 Å². The van der Waals surface area contributed by atoms with Crippen molar-refractivity contribution >= 4 is 30.1 Å². The summed E-state index contributed by atoms with van der Waals surface area (Å²) in [6.45, 7) is 0.320. The molecular formula is C28H29ClN4O4. The van der Waals surface area contributed by atoms with Crippen LogP contribution in [-0.2, 0) is 27.2 Å². The van der Waals surface area contributed by atoms with Gasteiger partial charge in [-0.15, -0.1) is 12.4 Å². The molecule has 1 aliphatic heterocycles. The molecule has 1 aromatic heterocycles. The average molecular weight is 521 g/mol. The van der Waals surface area contributed by atoms with Crippen LogP contribution < -0.4 is 15.8 Å². The predicted octanol–water partition coefficient (Wildman–Crippen LogP) is 3.44. The zero-order chi connectivity index (χ0) is 25.1. The maximum atomic E-state index is 12.5. The quantitative estimate of drug-likeness (QED) is 0.237. The number of halogens is 1. The van der Waals surface area contributed by atoms with Crippen molar-refractivity contribution in [2.75, 3.05) is 6.61 Å². The Hall–Kier alpha value is -3.91. The molecule has 0 unspecified atom stereocenters. The Bertz CT molecular complexity index is 1260. The van der Waals surface area contributed by atoms with Crippen LogP contribution in [0.4, 0.5) is 0 Å². The van der Waals surface area contributed by atoms with Crippen molar-refractivity contribution in [2.24, 2.45) is 11.7 Å². The number of fused-ring (bicyclic) bond motifs is 1. The number of nitrogens with one attached hydrogen (secondary N) is 2. The highest BCUT2D eigenvalue weighted by Crippen LogP contribution is 2.26. The number of amides is 1. The number of rotatable bonds is 8. The third-order valence-electron chi connectivity index (χ3n) is 6.69. The smallest absolute Gasteiger partial charge is 0.306 e. The largest absolute Gasteiger partial charge is 0.491 e. The van der Waals surface area contributed by atoms with Crippen LogP contribution in [0.5, 0.6) is 5.75 Å². The van der Waals surface area contributed by atoms with Crippen LogP contribution in [0, 0.1) is 11.3 Å². The first-order valence-electron chi connectivity index (χ1n) is 12.0. The second-order valence-corrected chi connectivity index (χ2v) is 9.31. The summed E-state index contributed by atoms with van der Waals surface area (Å²) in [5, 5.41) is 10.4. The summed E-state index contributed by atoms with van der Waals surface area (Å²) < 4.78 is 11.5. The number of pyridine rings is 1. The number of benzene rings is 2. The van der Waals surface area contributed by atoms with Gasteiger partial charge in [0, 0.05) is 30.2 Å².